The quantitative estimate of drug-likeness (QED) is 0.764. The van der Waals surface area contributed by atoms with Gasteiger partial charge >= 0.3 is 0 Å². The van der Waals surface area contributed by atoms with Crippen molar-refractivity contribution < 1.29 is 8.42 Å². The number of rotatable bonds is 7. The minimum absolute atomic E-state index is 0.0938. The number of nitrogen functional groups attached to an aromatic ring is 1. The lowest BCUT2D eigenvalue weighted by molar-refractivity contribution is 0.597. The number of hydrogen-bond acceptors (Lipinski definition) is 6. The predicted octanol–water partition coefficient (Wildman–Crippen LogP) is 0.858. The smallest absolute Gasteiger partial charge is 0.151 e. The van der Waals surface area contributed by atoms with Crippen molar-refractivity contribution >= 4 is 21.5 Å². The van der Waals surface area contributed by atoms with Crippen LogP contribution >= 0.6 is 0 Å². The molecule has 0 saturated carbocycles. The van der Waals surface area contributed by atoms with Crippen molar-refractivity contribution in [1.82, 2.24) is 9.97 Å². The van der Waals surface area contributed by atoms with Crippen LogP contribution in [0.5, 0.6) is 0 Å². The summed E-state index contributed by atoms with van der Waals surface area (Å²) in [6.07, 6.45) is 1.69. The Morgan fingerprint density at radius 1 is 1.33 bits per heavy atom. The molecule has 1 rings (SSSR count). The number of aromatic nitrogens is 2. The number of nitrogens with two attached hydrogens (primary N) is 1. The van der Waals surface area contributed by atoms with Gasteiger partial charge in [0.25, 0.3) is 0 Å². The highest BCUT2D eigenvalue weighted by Crippen LogP contribution is 2.09. The average Bonchev–Trinajstić information content (AvgIpc) is 2.28. The van der Waals surface area contributed by atoms with Crippen LogP contribution in [0.3, 0.4) is 0 Å². The molecule has 0 aromatic carbocycles. The van der Waals surface area contributed by atoms with Crippen LogP contribution in [0.1, 0.15) is 26.1 Å². The highest BCUT2D eigenvalue weighted by Gasteiger charge is 2.07. The lowest BCUT2D eigenvalue weighted by Crippen LogP contribution is -2.18. The first kappa shape index (κ1) is 14.7. The molecular weight excluding hydrogens is 252 g/mol. The van der Waals surface area contributed by atoms with E-state index in [0.29, 0.717) is 24.0 Å². The van der Waals surface area contributed by atoms with E-state index in [9.17, 15) is 8.42 Å². The minimum atomic E-state index is -2.96. The molecule has 0 saturated heterocycles. The summed E-state index contributed by atoms with van der Waals surface area (Å²) < 4.78 is 22.7. The first-order chi connectivity index (χ1) is 8.46. The second-order valence-corrected chi connectivity index (χ2v) is 6.48. The van der Waals surface area contributed by atoms with Crippen LogP contribution in [0.4, 0.5) is 11.6 Å². The van der Waals surface area contributed by atoms with E-state index in [1.807, 2.05) is 6.92 Å². The monoisotopic (exact) mass is 272 g/mol. The predicted molar refractivity (Wildman–Crippen MR) is 73.3 cm³/mol. The summed E-state index contributed by atoms with van der Waals surface area (Å²) >= 11 is 0. The molecule has 0 spiro atoms. The molecule has 3 N–H and O–H groups in total. The molecule has 0 atom stereocenters. The third-order valence-electron chi connectivity index (χ3n) is 2.42. The van der Waals surface area contributed by atoms with Crippen LogP contribution in [0.15, 0.2) is 6.07 Å². The van der Waals surface area contributed by atoms with Gasteiger partial charge in [-0.1, -0.05) is 13.8 Å². The first-order valence-corrected chi connectivity index (χ1v) is 7.86. The Kier molecular flexibility index (Phi) is 5.33. The normalized spacial score (nSPS) is 11.4. The number of sulfone groups is 1. The van der Waals surface area contributed by atoms with Crippen molar-refractivity contribution in [1.29, 1.82) is 0 Å². The second-order valence-electron chi connectivity index (χ2n) is 4.01. The van der Waals surface area contributed by atoms with E-state index in [2.05, 4.69) is 15.3 Å². The third kappa shape index (κ3) is 4.87. The molecule has 6 nitrogen and oxygen atoms in total. The van der Waals surface area contributed by atoms with Crippen molar-refractivity contribution in [3.63, 3.8) is 0 Å². The average molecular weight is 272 g/mol. The zero-order valence-electron chi connectivity index (χ0n) is 10.8. The number of nitrogens with zero attached hydrogens (tertiary/aromatic N) is 2. The number of aryl methyl sites for hydroxylation is 1. The van der Waals surface area contributed by atoms with Gasteiger partial charge in [-0.25, -0.2) is 18.4 Å². The zero-order chi connectivity index (χ0) is 13.6. The van der Waals surface area contributed by atoms with E-state index in [0.717, 1.165) is 12.8 Å². The molecule has 1 aromatic heterocycles. The van der Waals surface area contributed by atoms with Crippen LogP contribution in [-0.4, -0.2) is 36.4 Å². The molecule has 0 aliphatic heterocycles. The molecule has 1 aromatic rings. The van der Waals surface area contributed by atoms with Crippen molar-refractivity contribution in [3.05, 3.63) is 11.9 Å². The standard InChI is InChI=1S/C11H20N4O2S/c1-3-5-10-14-9(12)8-11(15-10)13-6-7-18(16,17)4-2/h8H,3-7H2,1-2H3,(H3,12,13,14,15). The van der Waals surface area contributed by atoms with E-state index >= 15 is 0 Å². The highest BCUT2D eigenvalue weighted by atomic mass is 32.2. The molecule has 0 fully saturated rings. The molecule has 0 unspecified atom stereocenters. The lowest BCUT2D eigenvalue weighted by Gasteiger charge is -2.08. The maximum Gasteiger partial charge on any atom is 0.151 e. The van der Waals surface area contributed by atoms with Crippen LogP contribution < -0.4 is 11.1 Å². The fourth-order valence-electron chi connectivity index (χ4n) is 1.42. The van der Waals surface area contributed by atoms with E-state index in [4.69, 9.17) is 5.73 Å². The molecule has 18 heavy (non-hydrogen) atoms. The van der Waals surface area contributed by atoms with Crippen LogP contribution in [0.25, 0.3) is 0 Å². The number of nitrogens with one attached hydrogen (secondary N) is 1. The van der Waals surface area contributed by atoms with E-state index in [-0.39, 0.29) is 11.5 Å². The van der Waals surface area contributed by atoms with Crippen LogP contribution in [-0.2, 0) is 16.3 Å². The van der Waals surface area contributed by atoms with Crippen molar-refractivity contribution in [3.8, 4) is 0 Å². The van der Waals surface area contributed by atoms with Gasteiger partial charge in [0.15, 0.2) is 9.84 Å². The minimum Gasteiger partial charge on any atom is -0.384 e. The van der Waals surface area contributed by atoms with Gasteiger partial charge in [-0.05, 0) is 6.42 Å². The third-order valence-corrected chi connectivity index (χ3v) is 4.13. The fourth-order valence-corrected chi connectivity index (χ4v) is 2.12. The van der Waals surface area contributed by atoms with E-state index in [1.54, 1.807) is 13.0 Å². The molecule has 0 amide bonds. The van der Waals surface area contributed by atoms with Gasteiger partial charge in [-0.3, -0.25) is 0 Å². The lowest BCUT2D eigenvalue weighted by atomic mass is 10.3. The van der Waals surface area contributed by atoms with E-state index in [1.165, 1.54) is 0 Å². The summed E-state index contributed by atoms with van der Waals surface area (Å²) in [4.78, 5) is 8.38. The molecule has 0 bridgehead atoms. The molecule has 0 aliphatic rings. The Morgan fingerprint density at radius 2 is 2.06 bits per heavy atom. The molecule has 7 heteroatoms. The Balaban J connectivity index is 2.62. The van der Waals surface area contributed by atoms with E-state index < -0.39 is 9.84 Å². The van der Waals surface area contributed by atoms with Gasteiger partial charge in [0.1, 0.15) is 17.5 Å². The van der Waals surface area contributed by atoms with Gasteiger partial charge in [-0.15, -0.1) is 0 Å². The van der Waals surface area contributed by atoms with Crippen LogP contribution in [0.2, 0.25) is 0 Å². The van der Waals surface area contributed by atoms with Gasteiger partial charge in [0.2, 0.25) is 0 Å². The summed E-state index contributed by atoms with van der Waals surface area (Å²) in [6.45, 7) is 4.00. The zero-order valence-corrected chi connectivity index (χ0v) is 11.6. The Labute approximate surface area is 108 Å². The summed E-state index contributed by atoms with van der Waals surface area (Å²) in [6, 6.07) is 1.61. The van der Waals surface area contributed by atoms with Gasteiger partial charge in [0, 0.05) is 24.8 Å². The van der Waals surface area contributed by atoms with Crippen molar-refractivity contribution in [2.24, 2.45) is 0 Å². The maximum absolute atomic E-state index is 11.3. The fraction of sp³-hybridized carbons (Fsp3) is 0.636. The van der Waals surface area contributed by atoms with Crippen molar-refractivity contribution in [2.75, 3.05) is 29.1 Å². The number of hydrogen-bond donors (Lipinski definition) is 2. The summed E-state index contributed by atoms with van der Waals surface area (Å²) in [5.41, 5.74) is 5.66. The molecule has 0 radical (unpaired) electrons. The summed E-state index contributed by atoms with van der Waals surface area (Å²) in [7, 11) is -2.96. The summed E-state index contributed by atoms with van der Waals surface area (Å²) in [5.74, 6) is 1.91. The number of anilines is 2. The molecule has 102 valence electrons. The topological polar surface area (TPSA) is 98.0 Å². The largest absolute Gasteiger partial charge is 0.384 e. The molecule has 0 aliphatic carbocycles. The Morgan fingerprint density at radius 3 is 2.67 bits per heavy atom. The van der Waals surface area contributed by atoms with Gasteiger partial charge < -0.3 is 11.1 Å². The summed E-state index contributed by atoms with van der Waals surface area (Å²) in [5, 5.41) is 2.96. The van der Waals surface area contributed by atoms with Gasteiger partial charge in [0.05, 0.1) is 5.75 Å². The Bertz CT molecular complexity index is 488. The van der Waals surface area contributed by atoms with Crippen molar-refractivity contribution in [2.45, 2.75) is 26.7 Å². The van der Waals surface area contributed by atoms with Gasteiger partial charge in [-0.2, -0.15) is 0 Å². The first-order valence-electron chi connectivity index (χ1n) is 6.04. The molecule has 1 heterocycles. The Hall–Kier alpha value is -1.37. The maximum atomic E-state index is 11.3. The molecular formula is C11H20N4O2S. The van der Waals surface area contributed by atoms with Crippen LogP contribution in [0, 0.1) is 0 Å². The SMILES string of the molecule is CCCc1nc(N)cc(NCCS(=O)(=O)CC)n1. The second kappa shape index (κ2) is 6.53. The highest BCUT2D eigenvalue weighted by molar-refractivity contribution is 7.91.